The Morgan fingerprint density at radius 3 is 2.37 bits per heavy atom. The fourth-order valence-electron chi connectivity index (χ4n) is 3.49. The molecule has 1 heterocycles. The number of nitrogens with zero attached hydrogens (tertiary/aromatic N) is 1. The van der Waals surface area contributed by atoms with E-state index in [1.165, 1.54) is 11.1 Å². The molecule has 1 fully saturated rings. The SMILES string of the molecule is Cc1ccc(CCC(=O)N2CCC(NC(=O)c3cccc(C)c3)CC2)cc1. The molecule has 2 aromatic rings. The van der Waals surface area contributed by atoms with Gasteiger partial charge in [-0.15, -0.1) is 0 Å². The fraction of sp³-hybridized carbons (Fsp3) is 0.391. The van der Waals surface area contributed by atoms with E-state index in [2.05, 4.69) is 36.5 Å². The van der Waals surface area contributed by atoms with Crippen molar-refractivity contribution in [2.45, 2.75) is 45.6 Å². The van der Waals surface area contributed by atoms with E-state index >= 15 is 0 Å². The maximum atomic E-state index is 12.5. The molecule has 0 radical (unpaired) electrons. The summed E-state index contributed by atoms with van der Waals surface area (Å²) < 4.78 is 0. The van der Waals surface area contributed by atoms with Crippen molar-refractivity contribution in [1.29, 1.82) is 0 Å². The molecular formula is C23H28N2O2. The molecule has 2 aromatic carbocycles. The van der Waals surface area contributed by atoms with Crippen molar-refractivity contribution in [3.63, 3.8) is 0 Å². The Morgan fingerprint density at radius 2 is 1.70 bits per heavy atom. The van der Waals surface area contributed by atoms with Crippen LogP contribution in [0.4, 0.5) is 0 Å². The van der Waals surface area contributed by atoms with E-state index in [0.29, 0.717) is 25.1 Å². The van der Waals surface area contributed by atoms with Gasteiger partial charge >= 0.3 is 0 Å². The maximum absolute atomic E-state index is 12.5. The molecule has 0 saturated carbocycles. The molecule has 1 aliphatic rings. The molecule has 0 aromatic heterocycles. The number of carbonyl (C=O) groups is 2. The molecule has 0 aliphatic carbocycles. The molecule has 0 atom stereocenters. The molecule has 4 heteroatoms. The maximum Gasteiger partial charge on any atom is 0.251 e. The minimum Gasteiger partial charge on any atom is -0.349 e. The van der Waals surface area contributed by atoms with Crippen LogP contribution in [0.3, 0.4) is 0 Å². The van der Waals surface area contributed by atoms with Gasteiger partial charge in [0.25, 0.3) is 5.91 Å². The van der Waals surface area contributed by atoms with Crippen molar-refractivity contribution in [2.24, 2.45) is 0 Å². The third-order valence-corrected chi connectivity index (χ3v) is 5.21. The largest absolute Gasteiger partial charge is 0.349 e. The molecule has 0 spiro atoms. The summed E-state index contributed by atoms with van der Waals surface area (Å²) in [6.07, 6.45) is 2.95. The summed E-state index contributed by atoms with van der Waals surface area (Å²) in [5.74, 6) is 0.182. The first-order valence-corrected chi connectivity index (χ1v) is 9.72. The first-order valence-electron chi connectivity index (χ1n) is 9.72. The van der Waals surface area contributed by atoms with Crippen LogP contribution >= 0.6 is 0 Å². The van der Waals surface area contributed by atoms with Crippen LogP contribution in [0.15, 0.2) is 48.5 Å². The van der Waals surface area contributed by atoms with E-state index in [1.807, 2.05) is 36.1 Å². The molecule has 1 aliphatic heterocycles. The first-order chi connectivity index (χ1) is 13.0. The van der Waals surface area contributed by atoms with Gasteiger partial charge in [0.2, 0.25) is 5.91 Å². The van der Waals surface area contributed by atoms with Crippen molar-refractivity contribution in [3.05, 3.63) is 70.8 Å². The fourth-order valence-corrected chi connectivity index (χ4v) is 3.49. The first kappa shape index (κ1) is 19.2. The lowest BCUT2D eigenvalue weighted by atomic mass is 10.0. The van der Waals surface area contributed by atoms with Crippen LogP contribution in [0.25, 0.3) is 0 Å². The van der Waals surface area contributed by atoms with Crippen LogP contribution in [0.1, 0.15) is 46.3 Å². The number of carbonyl (C=O) groups excluding carboxylic acids is 2. The van der Waals surface area contributed by atoms with Crippen LogP contribution < -0.4 is 5.32 Å². The van der Waals surface area contributed by atoms with Gasteiger partial charge in [0, 0.05) is 31.1 Å². The van der Waals surface area contributed by atoms with Crippen molar-refractivity contribution in [2.75, 3.05) is 13.1 Å². The second-order valence-electron chi connectivity index (χ2n) is 7.48. The zero-order valence-corrected chi connectivity index (χ0v) is 16.2. The molecule has 3 rings (SSSR count). The number of amides is 2. The number of aryl methyl sites for hydroxylation is 3. The molecule has 2 amide bonds. The number of piperidine rings is 1. The molecule has 0 bridgehead atoms. The average Bonchev–Trinajstić information content (AvgIpc) is 2.68. The molecule has 1 saturated heterocycles. The number of hydrogen-bond donors (Lipinski definition) is 1. The standard InChI is InChI=1S/C23H28N2O2/c1-17-6-8-19(9-7-17)10-11-22(26)25-14-12-21(13-15-25)24-23(27)20-5-3-4-18(2)16-20/h3-9,16,21H,10-15H2,1-2H3,(H,24,27). The van der Waals surface area contributed by atoms with Gasteiger partial charge < -0.3 is 10.2 Å². The summed E-state index contributed by atoms with van der Waals surface area (Å²) in [5.41, 5.74) is 4.22. The third-order valence-electron chi connectivity index (χ3n) is 5.21. The number of likely N-dealkylation sites (tertiary alicyclic amines) is 1. The zero-order chi connectivity index (χ0) is 19.2. The van der Waals surface area contributed by atoms with E-state index in [0.717, 1.165) is 24.8 Å². The Hall–Kier alpha value is -2.62. The highest BCUT2D eigenvalue weighted by Crippen LogP contribution is 2.14. The lowest BCUT2D eigenvalue weighted by Crippen LogP contribution is -2.46. The van der Waals surface area contributed by atoms with Crippen molar-refractivity contribution in [1.82, 2.24) is 10.2 Å². The summed E-state index contributed by atoms with van der Waals surface area (Å²) in [7, 11) is 0. The van der Waals surface area contributed by atoms with Crippen molar-refractivity contribution in [3.8, 4) is 0 Å². The van der Waals surface area contributed by atoms with E-state index in [-0.39, 0.29) is 17.9 Å². The minimum absolute atomic E-state index is 0.0251. The summed E-state index contributed by atoms with van der Waals surface area (Å²) in [6.45, 7) is 5.48. The Labute approximate surface area is 161 Å². The van der Waals surface area contributed by atoms with E-state index in [4.69, 9.17) is 0 Å². The highest BCUT2D eigenvalue weighted by molar-refractivity contribution is 5.94. The second kappa shape index (κ2) is 8.85. The Bertz CT molecular complexity index is 790. The van der Waals surface area contributed by atoms with Gasteiger partial charge in [-0.3, -0.25) is 9.59 Å². The van der Waals surface area contributed by atoms with Crippen molar-refractivity contribution < 1.29 is 9.59 Å². The molecule has 142 valence electrons. The predicted molar refractivity (Wildman–Crippen MR) is 108 cm³/mol. The quantitative estimate of drug-likeness (QED) is 0.880. The molecule has 0 unspecified atom stereocenters. The van der Waals surface area contributed by atoms with Crippen molar-refractivity contribution >= 4 is 11.8 Å². The summed E-state index contributed by atoms with van der Waals surface area (Å²) in [4.78, 5) is 26.8. The summed E-state index contributed by atoms with van der Waals surface area (Å²) in [5, 5.41) is 3.11. The highest BCUT2D eigenvalue weighted by Gasteiger charge is 2.24. The normalized spacial score (nSPS) is 14.8. The van der Waals surface area contributed by atoms with Gasteiger partial charge in [-0.1, -0.05) is 47.5 Å². The highest BCUT2D eigenvalue weighted by atomic mass is 16.2. The Kier molecular flexibility index (Phi) is 6.28. The summed E-state index contributed by atoms with van der Waals surface area (Å²) >= 11 is 0. The number of rotatable bonds is 5. The van der Waals surface area contributed by atoms with Gasteiger partial charge in [-0.25, -0.2) is 0 Å². The predicted octanol–water partition coefficient (Wildman–Crippen LogP) is 3.66. The monoisotopic (exact) mass is 364 g/mol. The molecule has 27 heavy (non-hydrogen) atoms. The van der Waals surface area contributed by atoms with Gasteiger partial charge in [0.05, 0.1) is 0 Å². The topological polar surface area (TPSA) is 49.4 Å². The van der Waals surface area contributed by atoms with Gasteiger partial charge in [0.1, 0.15) is 0 Å². The molecule has 4 nitrogen and oxygen atoms in total. The lowest BCUT2D eigenvalue weighted by molar-refractivity contribution is -0.132. The number of hydrogen-bond acceptors (Lipinski definition) is 2. The van der Waals surface area contributed by atoms with E-state index in [1.54, 1.807) is 0 Å². The summed E-state index contributed by atoms with van der Waals surface area (Å²) in [6, 6.07) is 16.1. The van der Waals surface area contributed by atoms with E-state index < -0.39 is 0 Å². The third kappa shape index (κ3) is 5.43. The average molecular weight is 364 g/mol. The number of nitrogens with one attached hydrogen (secondary N) is 1. The lowest BCUT2D eigenvalue weighted by Gasteiger charge is -2.32. The smallest absolute Gasteiger partial charge is 0.251 e. The van der Waals surface area contributed by atoms with E-state index in [9.17, 15) is 9.59 Å². The molecular weight excluding hydrogens is 336 g/mol. The van der Waals surface area contributed by atoms with Gasteiger partial charge in [-0.05, 0) is 50.8 Å². The molecule has 1 N–H and O–H groups in total. The van der Waals surface area contributed by atoms with Crippen LogP contribution in [0, 0.1) is 13.8 Å². The minimum atomic E-state index is -0.0251. The zero-order valence-electron chi connectivity index (χ0n) is 16.2. The Morgan fingerprint density at radius 1 is 1.00 bits per heavy atom. The van der Waals surface area contributed by atoms with Crippen LogP contribution in [-0.2, 0) is 11.2 Å². The number of benzene rings is 2. The second-order valence-corrected chi connectivity index (χ2v) is 7.48. The van der Waals surface area contributed by atoms with Crippen LogP contribution in [-0.4, -0.2) is 35.8 Å². The Balaban J connectivity index is 1.43. The van der Waals surface area contributed by atoms with Crippen LogP contribution in [0.2, 0.25) is 0 Å². The van der Waals surface area contributed by atoms with Gasteiger partial charge in [-0.2, -0.15) is 0 Å². The van der Waals surface area contributed by atoms with Crippen LogP contribution in [0.5, 0.6) is 0 Å². The van der Waals surface area contributed by atoms with Gasteiger partial charge in [0.15, 0.2) is 0 Å².